The van der Waals surface area contributed by atoms with E-state index in [1.165, 1.54) is 24.3 Å². The van der Waals surface area contributed by atoms with Crippen molar-refractivity contribution in [2.75, 3.05) is 5.32 Å². The Hall–Kier alpha value is -4.52. The Morgan fingerprint density at radius 3 is 2.26 bits per heavy atom. The Morgan fingerprint density at radius 2 is 1.48 bits per heavy atom. The van der Waals surface area contributed by atoms with Crippen LogP contribution in [0.1, 0.15) is 20.7 Å². The van der Waals surface area contributed by atoms with Gasteiger partial charge in [0, 0.05) is 17.7 Å². The largest absolute Gasteiger partial charge is 0.421 e. The Bertz CT molecular complexity index is 1290. The van der Waals surface area contributed by atoms with Crippen molar-refractivity contribution in [3.05, 3.63) is 112 Å². The lowest BCUT2D eigenvalue weighted by Crippen LogP contribution is -2.15. The number of nitro groups is 1. The van der Waals surface area contributed by atoms with Crippen LogP contribution in [0.2, 0.25) is 0 Å². The molecule has 7 nitrogen and oxygen atoms in total. The van der Waals surface area contributed by atoms with Gasteiger partial charge in [-0.3, -0.25) is 14.9 Å². The first-order valence-corrected chi connectivity index (χ1v) is 9.38. The Labute approximate surface area is 177 Å². The van der Waals surface area contributed by atoms with Crippen molar-refractivity contribution >= 4 is 34.0 Å². The van der Waals surface area contributed by atoms with Gasteiger partial charge in [-0.05, 0) is 41.1 Å². The number of amides is 1. The molecule has 0 fully saturated rings. The third-order valence-electron chi connectivity index (χ3n) is 4.69. The molecule has 4 rings (SSSR count). The van der Waals surface area contributed by atoms with Gasteiger partial charge >= 0.3 is 5.97 Å². The van der Waals surface area contributed by atoms with Crippen LogP contribution in [0.3, 0.4) is 0 Å². The average Bonchev–Trinajstić information content (AvgIpc) is 2.80. The first-order valence-electron chi connectivity index (χ1n) is 9.38. The molecule has 0 unspecified atom stereocenters. The predicted molar refractivity (Wildman–Crippen MR) is 116 cm³/mol. The molecule has 0 radical (unpaired) electrons. The van der Waals surface area contributed by atoms with Crippen LogP contribution in [-0.4, -0.2) is 16.8 Å². The van der Waals surface area contributed by atoms with Crippen molar-refractivity contribution < 1.29 is 19.2 Å². The molecule has 0 bridgehead atoms. The van der Waals surface area contributed by atoms with Crippen molar-refractivity contribution in [3.63, 3.8) is 0 Å². The molecular formula is C24H16N2O5. The minimum absolute atomic E-state index is 0.110. The van der Waals surface area contributed by atoms with E-state index < -0.39 is 16.8 Å². The highest BCUT2D eigenvalue weighted by atomic mass is 16.6. The highest BCUT2D eigenvalue weighted by molar-refractivity contribution is 6.07. The number of nitrogens with zero attached hydrogens (tertiary/aromatic N) is 1. The van der Waals surface area contributed by atoms with Crippen molar-refractivity contribution in [2.45, 2.75) is 0 Å². The molecule has 0 aromatic heterocycles. The van der Waals surface area contributed by atoms with Gasteiger partial charge in [-0.2, -0.15) is 0 Å². The third kappa shape index (κ3) is 4.25. The van der Waals surface area contributed by atoms with Crippen molar-refractivity contribution in [1.82, 2.24) is 0 Å². The molecule has 4 aromatic rings. The van der Waals surface area contributed by atoms with Gasteiger partial charge in [-0.1, -0.05) is 48.5 Å². The Balaban J connectivity index is 1.56. The zero-order valence-electron chi connectivity index (χ0n) is 16.1. The van der Waals surface area contributed by atoms with Gasteiger partial charge in [0.15, 0.2) is 5.75 Å². The Morgan fingerprint density at radius 1 is 0.806 bits per heavy atom. The van der Waals surface area contributed by atoms with Crippen LogP contribution in [0.25, 0.3) is 10.8 Å². The molecule has 0 saturated heterocycles. The van der Waals surface area contributed by atoms with E-state index in [1.54, 1.807) is 36.4 Å². The van der Waals surface area contributed by atoms with E-state index in [2.05, 4.69) is 5.32 Å². The van der Waals surface area contributed by atoms with Gasteiger partial charge in [0.05, 0.1) is 16.2 Å². The van der Waals surface area contributed by atoms with Crippen LogP contribution in [0.4, 0.5) is 11.4 Å². The molecule has 31 heavy (non-hydrogen) atoms. The number of benzene rings is 4. The van der Waals surface area contributed by atoms with Gasteiger partial charge in [0.2, 0.25) is 0 Å². The molecule has 4 aromatic carbocycles. The SMILES string of the molecule is O=C(Nc1ccccc1OC(=O)c1cccc2ccccc12)c1ccc([N+](=O)[O-])cc1. The van der Waals surface area contributed by atoms with Crippen molar-refractivity contribution in [3.8, 4) is 5.75 Å². The van der Waals surface area contributed by atoms with E-state index in [1.807, 2.05) is 30.3 Å². The number of esters is 1. The van der Waals surface area contributed by atoms with E-state index in [0.717, 1.165) is 10.8 Å². The predicted octanol–water partition coefficient (Wildman–Crippen LogP) is 5.22. The monoisotopic (exact) mass is 412 g/mol. The topological polar surface area (TPSA) is 98.5 Å². The van der Waals surface area contributed by atoms with Crippen LogP contribution in [0, 0.1) is 10.1 Å². The molecule has 0 atom stereocenters. The van der Waals surface area contributed by atoms with Gasteiger partial charge < -0.3 is 10.1 Å². The number of carbonyl (C=O) groups is 2. The number of para-hydroxylation sites is 2. The van der Waals surface area contributed by atoms with Crippen LogP contribution in [0.5, 0.6) is 5.75 Å². The number of ether oxygens (including phenoxy) is 1. The van der Waals surface area contributed by atoms with E-state index >= 15 is 0 Å². The summed E-state index contributed by atoms with van der Waals surface area (Å²) in [7, 11) is 0. The van der Waals surface area contributed by atoms with Gasteiger partial charge in [-0.15, -0.1) is 0 Å². The fourth-order valence-electron chi connectivity index (χ4n) is 3.15. The number of hydrogen-bond acceptors (Lipinski definition) is 5. The number of non-ortho nitro benzene ring substituents is 1. The van der Waals surface area contributed by atoms with E-state index in [9.17, 15) is 19.7 Å². The van der Waals surface area contributed by atoms with Crippen molar-refractivity contribution in [1.29, 1.82) is 0 Å². The highest BCUT2D eigenvalue weighted by Crippen LogP contribution is 2.27. The third-order valence-corrected chi connectivity index (χ3v) is 4.69. The lowest BCUT2D eigenvalue weighted by atomic mass is 10.0. The molecule has 0 spiro atoms. The van der Waals surface area contributed by atoms with Gasteiger partial charge in [0.25, 0.3) is 11.6 Å². The molecule has 1 amide bonds. The second-order valence-electron chi connectivity index (χ2n) is 6.67. The first-order chi connectivity index (χ1) is 15.0. The quantitative estimate of drug-likeness (QED) is 0.210. The summed E-state index contributed by atoms with van der Waals surface area (Å²) in [6, 6.07) is 24.6. The lowest BCUT2D eigenvalue weighted by molar-refractivity contribution is -0.384. The summed E-state index contributed by atoms with van der Waals surface area (Å²) in [5, 5.41) is 15.1. The number of fused-ring (bicyclic) bond motifs is 1. The maximum Gasteiger partial charge on any atom is 0.344 e. The molecule has 1 N–H and O–H groups in total. The number of nitro benzene ring substituents is 1. The van der Waals surface area contributed by atoms with E-state index in [4.69, 9.17) is 4.74 Å². The summed E-state index contributed by atoms with van der Waals surface area (Å²) in [4.78, 5) is 35.6. The zero-order chi connectivity index (χ0) is 21.8. The molecule has 0 aliphatic rings. The highest BCUT2D eigenvalue weighted by Gasteiger charge is 2.16. The standard InChI is InChI=1S/C24H16N2O5/c27-23(17-12-14-18(15-13-17)26(29)30)25-21-10-3-4-11-22(21)31-24(28)20-9-5-7-16-6-1-2-8-19(16)20/h1-15H,(H,25,27). The zero-order valence-corrected chi connectivity index (χ0v) is 16.1. The van der Waals surface area contributed by atoms with Crippen LogP contribution < -0.4 is 10.1 Å². The van der Waals surface area contributed by atoms with Gasteiger partial charge in [0.1, 0.15) is 0 Å². The maximum absolute atomic E-state index is 12.8. The van der Waals surface area contributed by atoms with E-state index in [-0.39, 0.29) is 17.0 Å². The number of nitrogens with one attached hydrogen (secondary N) is 1. The fourth-order valence-corrected chi connectivity index (χ4v) is 3.15. The number of rotatable bonds is 5. The summed E-state index contributed by atoms with van der Waals surface area (Å²) >= 11 is 0. The summed E-state index contributed by atoms with van der Waals surface area (Å²) in [5.41, 5.74) is 0.843. The van der Waals surface area contributed by atoms with Gasteiger partial charge in [-0.25, -0.2) is 4.79 Å². The molecule has 152 valence electrons. The number of anilines is 1. The molecule has 0 saturated carbocycles. The normalized spacial score (nSPS) is 10.5. The number of hydrogen-bond donors (Lipinski definition) is 1. The summed E-state index contributed by atoms with van der Waals surface area (Å²) in [5.74, 6) is -0.840. The second-order valence-corrected chi connectivity index (χ2v) is 6.67. The van der Waals surface area contributed by atoms with Crippen LogP contribution in [0.15, 0.2) is 91.0 Å². The second kappa shape index (κ2) is 8.46. The Kier molecular flexibility index (Phi) is 5.40. The molecular weight excluding hydrogens is 396 g/mol. The molecule has 0 heterocycles. The summed E-state index contributed by atoms with van der Waals surface area (Å²) in [6.07, 6.45) is 0. The molecule has 0 aliphatic carbocycles. The minimum atomic E-state index is -0.547. The van der Waals surface area contributed by atoms with Crippen LogP contribution >= 0.6 is 0 Å². The summed E-state index contributed by atoms with van der Waals surface area (Å²) < 4.78 is 5.58. The smallest absolute Gasteiger partial charge is 0.344 e. The number of carbonyl (C=O) groups excluding carboxylic acids is 2. The fraction of sp³-hybridized carbons (Fsp3) is 0. The maximum atomic E-state index is 12.8. The molecule has 0 aliphatic heterocycles. The van der Waals surface area contributed by atoms with Crippen molar-refractivity contribution in [2.24, 2.45) is 0 Å². The van der Waals surface area contributed by atoms with Crippen LogP contribution in [-0.2, 0) is 0 Å². The lowest BCUT2D eigenvalue weighted by Gasteiger charge is -2.12. The van der Waals surface area contributed by atoms with E-state index in [0.29, 0.717) is 11.3 Å². The average molecular weight is 412 g/mol. The molecule has 7 heteroatoms. The minimum Gasteiger partial charge on any atom is -0.421 e. The summed E-state index contributed by atoms with van der Waals surface area (Å²) in [6.45, 7) is 0. The first kappa shape index (κ1) is 19.8.